The van der Waals surface area contributed by atoms with E-state index >= 15 is 0 Å². The molecule has 0 aliphatic rings. The van der Waals surface area contributed by atoms with Gasteiger partial charge < -0.3 is 4.90 Å². The van der Waals surface area contributed by atoms with Crippen LogP contribution in [0.2, 0.25) is 5.02 Å². The van der Waals surface area contributed by atoms with Crippen molar-refractivity contribution < 1.29 is 13.2 Å². The van der Waals surface area contributed by atoms with E-state index in [0.717, 1.165) is 20.6 Å². The molecular formula is C21H21ClN2O3S. The fourth-order valence-corrected chi connectivity index (χ4v) is 4.05. The number of rotatable bonds is 5. The van der Waals surface area contributed by atoms with Crippen LogP contribution in [0.25, 0.3) is 10.8 Å². The number of carbonyl (C=O) groups excluding carboxylic acids is 1. The molecular weight excluding hydrogens is 396 g/mol. The maximum atomic E-state index is 12.9. The van der Waals surface area contributed by atoms with Crippen LogP contribution in [0.1, 0.15) is 15.9 Å². The van der Waals surface area contributed by atoms with Crippen LogP contribution in [-0.4, -0.2) is 44.7 Å². The second kappa shape index (κ2) is 7.91. The molecule has 0 aliphatic carbocycles. The van der Waals surface area contributed by atoms with Gasteiger partial charge in [-0.05, 0) is 40.6 Å². The van der Waals surface area contributed by atoms with E-state index in [0.29, 0.717) is 6.54 Å². The first-order chi connectivity index (χ1) is 13.2. The smallest absolute Gasteiger partial charge is 0.255 e. The minimum absolute atomic E-state index is 0.0318. The normalized spacial score (nSPS) is 11.8. The van der Waals surface area contributed by atoms with E-state index in [1.807, 2.05) is 42.5 Å². The first-order valence-corrected chi connectivity index (χ1v) is 10.5. The highest BCUT2D eigenvalue weighted by atomic mass is 35.5. The van der Waals surface area contributed by atoms with Gasteiger partial charge in [0.1, 0.15) is 0 Å². The quantitative estimate of drug-likeness (QED) is 0.631. The average molecular weight is 417 g/mol. The summed E-state index contributed by atoms with van der Waals surface area (Å²) in [6, 6.07) is 18.2. The minimum atomic E-state index is -3.65. The van der Waals surface area contributed by atoms with Crippen LogP contribution in [-0.2, 0) is 16.6 Å². The number of sulfonamides is 1. The zero-order chi connectivity index (χ0) is 20.5. The monoisotopic (exact) mass is 416 g/mol. The highest BCUT2D eigenvalue weighted by molar-refractivity contribution is 7.89. The largest absolute Gasteiger partial charge is 0.337 e. The molecule has 0 unspecified atom stereocenters. The Bertz CT molecular complexity index is 1140. The second-order valence-electron chi connectivity index (χ2n) is 6.77. The summed E-state index contributed by atoms with van der Waals surface area (Å²) >= 11 is 6.19. The molecule has 0 atom stereocenters. The zero-order valence-electron chi connectivity index (χ0n) is 15.9. The van der Waals surface area contributed by atoms with Gasteiger partial charge in [0.25, 0.3) is 5.91 Å². The number of amides is 1. The van der Waals surface area contributed by atoms with Crippen molar-refractivity contribution >= 4 is 38.3 Å². The lowest BCUT2D eigenvalue weighted by molar-refractivity contribution is 0.0785. The molecule has 3 aromatic carbocycles. The van der Waals surface area contributed by atoms with Crippen LogP contribution >= 0.6 is 11.6 Å². The van der Waals surface area contributed by atoms with Crippen LogP contribution in [0.4, 0.5) is 0 Å². The molecule has 0 aliphatic heterocycles. The molecule has 5 nitrogen and oxygen atoms in total. The van der Waals surface area contributed by atoms with Gasteiger partial charge in [-0.25, -0.2) is 12.7 Å². The Morgan fingerprint density at radius 3 is 2.29 bits per heavy atom. The summed E-state index contributed by atoms with van der Waals surface area (Å²) < 4.78 is 25.8. The molecule has 0 saturated carbocycles. The molecule has 3 aromatic rings. The molecule has 0 radical (unpaired) electrons. The highest BCUT2D eigenvalue weighted by Gasteiger charge is 2.22. The van der Waals surface area contributed by atoms with Crippen LogP contribution in [0.15, 0.2) is 65.6 Å². The van der Waals surface area contributed by atoms with Gasteiger partial charge in [0, 0.05) is 27.7 Å². The number of hydrogen-bond acceptors (Lipinski definition) is 3. The van der Waals surface area contributed by atoms with Gasteiger partial charge in [-0.1, -0.05) is 48.0 Å². The Hall–Kier alpha value is -2.41. The van der Waals surface area contributed by atoms with E-state index < -0.39 is 10.0 Å². The number of halogens is 1. The summed E-state index contributed by atoms with van der Waals surface area (Å²) in [5, 5.41) is 2.44. The first kappa shape index (κ1) is 20.3. The Labute approximate surface area is 170 Å². The van der Waals surface area contributed by atoms with Gasteiger partial charge in [-0.2, -0.15) is 0 Å². The predicted octanol–water partition coefficient (Wildman–Crippen LogP) is 4.02. The maximum Gasteiger partial charge on any atom is 0.255 e. The van der Waals surface area contributed by atoms with Gasteiger partial charge in [0.15, 0.2) is 0 Å². The lowest BCUT2D eigenvalue weighted by atomic mass is 10.1. The molecule has 0 saturated heterocycles. The minimum Gasteiger partial charge on any atom is -0.337 e. The number of hydrogen-bond donors (Lipinski definition) is 0. The molecule has 28 heavy (non-hydrogen) atoms. The number of fused-ring (bicyclic) bond motifs is 1. The second-order valence-corrected chi connectivity index (χ2v) is 9.33. The van der Waals surface area contributed by atoms with Crippen molar-refractivity contribution in [1.29, 1.82) is 0 Å². The van der Waals surface area contributed by atoms with Crippen LogP contribution in [0.5, 0.6) is 0 Å². The Balaban J connectivity index is 1.88. The molecule has 0 fully saturated rings. The van der Waals surface area contributed by atoms with Gasteiger partial charge in [0.2, 0.25) is 10.0 Å². The SMILES string of the molecule is CN(Cc1ccc2ccccc2c1)C(=O)c1cc(S(=O)(=O)N(C)C)ccc1Cl. The van der Waals surface area contributed by atoms with Gasteiger partial charge >= 0.3 is 0 Å². The summed E-state index contributed by atoms with van der Waals surface area (Å²) in [6.45, 7) is 0.380. The number of benzene rings is 3. The first-order valence-electron chi connectivity index (χ1n) is 8.65. The molecule has 0 heterocycles. The van der Waals surface area contributed by atoms with Crippen molar-refractivity contribution in [1.82, 2.24) is 9.21 Å². The van der Waals surface area contributed by atoms with E-state index in [2.05, 4.69) is 0 Å². The highest BCUT2D eigenvalue weighted by Crippen LogP contribution is 2.24. The number of nitrogens with zero attached hydrogens (tertiary/aromatic N) is 2. The summed E-state index contributed by atoms with van der Waals surface area (Å²) in [6.07, 6.45) is 0. The van der Waals surface area contributed by atoms with E-state index in [4.69, 9.17) is 11.6 Å². The van der Waals surface area contributed by atoms with E-state index in [-0.39, 0.29) is 21.4 Å². The fraction of sp³-hybridized carbons (Fsp3) is 0.190. The molecule has 0 aromatic heterocycles. The molecule has 1 amide bonds. The van der Waals surface area contributed by atoms with Crippen LogP contribution in [0, 0.1) is 0 Å². The predicted molar refractivity (Wildman–Crippen MR) is 112 cm³/mol. The maximum absolute atomic E-state index is 12.9. The van der Waals surface area contributed by atoms with Gasteiger partial charge in [-0.15, -0.1) is 0 Å². The molecule has 0 spiro atoms. The average Bonchev–Trinajstić information content (AvgIpc) is 2.67. The van der Waals surface area contributed by atoms with E-state index in [9.17, 15) is 13.2 Å². The molecule has 3 rings (SSSR count). The van der Waals surface area contributed by atoms with Crippen LogP contribution in [0.3, 0.4) is 0 Å². The van der Waals surface area contributed by atoms with Crippen molar-refractivity contribution in [2.45, 2.75) is 11.4 Å². The van der Waals surface area contributed by atoms with Crippen molar-refractivity contribution in [2.75, 3.05) is 21.1 Å². The molecule has 0 bridgehead atoms. The standard InChI is InChI=1S/C21H21ClN2O3S/c1-23(2)28(26,27)18-10-11-20(22)19(13-18)21(25)24(3)14-15-8-9-16-6-4-5-7-17(16)12-15/h4-13H,14H2,1-3H3. The van der Waals surface area contributed by atoms with Crippen molar-refractivity contribution in [3.8, 4) is 0 Å². The topological polar surface area (TPSA) is 57.7 Å². The lowest BCUT2D eigenvalue weighted by Crippen LogP contribution is -2.27. The summed E-state index contributed by atoms with van der Waals surface area (Å²) in [5.41, 5.74) is 1.13. The lowest BCUT2D eigenvalue weighted by Gasteiger charge is -2.19. The third-order valence-corrected chi connectivity index (χ3v) is 6.67. The molecule has 7 heteroatoms. The Kier molecular flexibility index (Phi) is 5.74. The summed E-state index contributed by atoms with van der Waals surface area (Å²) in [5.74, 6) is -0.339. The third kappa shape index (κ3) is 4.04. The number of carbonyl (C=O) groups is 1. The van der Waals surface area contributed by atoms with E-state index in [1.165, 1.54) is 37.2 Å². The third-order valence-electron chi connectivity index (χ3n) is 4.53. The van der Waals surface area contributed by atoms with Crippen LogP contribution < -0.4 is 0 Å². The zero-order valence-corrected chi connectivity index (χ0v) is 17.5. The van der Waals surface area contributed by atoms with Crippen molar-refractivity contribution in [3.05, 3.63) is 76.8 Å². The van der Waals surface area contributed by atoms with Gasteiger partial charge in [-0.3, -0.25) is 4.79 Å². The fourth-order valence-electron chi connectivity index (χ4n) is 2.93. The van der Waals surface area contributed by atoms with E-state index in [1.54, 1.807) is 7.05 Å². The van der Waals surface area contributed by atoms with Gasteiger partial charge in [0.05, 0.1) is 15.5 Å². The van der Waals surface area contributed by atoms with Crippen molar-refractivity contribution in [3.63, 3.8) is 0 Å². The summed E-state index contributed by atoms with van der Waals surface area (Å²) in [4.78, 5) is 14.5. The molecule has 0 N–H and O–H groups in total. The molecule has 146 valence electrons. The Morgan fingerprint density at radius 2 is 1.61 bits per heavy atom. The summed E-state index contributed by atoms with van der Waals surface area (Å²) in [7, 11) is 0.897. The Morgan fingerprint density at radius 1 is 0.929 bits per heavy atom. The van der Waals surface area contributed by atoms with Crippen molar-refractivity contribution in [2.24, 2.45) is 0 Å².